The number of carbonyl (C=O) groups excluding carboxylic acids is 1. The lowest BCUT2D eigenvalue weighted by atomic mass is 10.2. The predicted molar refractivity (Wildman–Crippen MR) is 67.5 cm³/mol. The molecular formula is C12H15BrN2O. The number of benzene rings is 1. The maximum atomic E-state index is 12.2. The van der Waals surface area contributed by atoms with Crippen molar-refractivity contribution in [3.63, 3.8) is 0 Å². The zero-order valence-corrected chi connectivity index (χ0v) is 10.7. The van der Waals surface area contributed by atoms with E-state index < -0.39 is 0 Å². The molecule has 1 aromatic rings. The Kier molecular flexibility index (Phi) is 3.96. The number of amides is 1. The zero-order chi connectivity index (χ0) is 11.4. The number of rotatable bonds is 1. The van der Waals surface area contributed by atoms with E-state index in [0.29, 0.717) is 0 Å². The SMILES string of the molecule is O=C(c1cccc(Br)c1)N1CCCNCC1. The summed E-state index contributed by atoms with van der Waals surface area (Å²) in [5, 5.41) is 3.29. The Morgan fingerprint density at radius 3 is 3.00 bits per heavy atom. The van der Waals surface area contributed by atoms with Crippen LogP contribution in [0.4, 0.5) is 0 Å². The van der Waals surface area contributed by atoms with E-state index in [1.54, 1.807) is 0 Å². The quantitative estimate of drug-likeness (QED) is 0.853. The predicted octanol–water partition coefficient (Wildman–Crippen LogP) is 1.88. The van der Waals surface area contributed by atoms with Gasteiger partial charge in [-0.15, -0.1) is 0 Å². The summed E-state index contributed by atoms with van der Waals surface area (Å²) in [6.07, 6.45) is 1.03. The largest absolute Gasteiger partial charge is 0.337 e. The van der Waals surface area contributed by atoms with Crippen LogP contribution < -0.4 is 5.32 Å². The summed E-state index contributed by atoms with van der Waals surface area (Å²) in [6.45, 7) is 3.53. The van der Waals surface area contributed by atoms with E-state index >= 15 is 0 Å². The van der Waals surface area contributed by atoms with E-state index in [-0.39, 0.29) is 5.91 Å². The van der Waals surface area contributed by atoms with Gasteiger partial charge in [0.2, 0.25) is 0 Å². The molecule has 2 rings (SSSR count). The lowest BCUT2D eigenvalue weighted by Gasteiger charge is -2.19. The number of nitrogens with one attached hydrogen (secondary N) is 1. The molecule has 0 bridgehead atoms. The van der Waals surface area contributed by atoms with Gasteiger partial charge in [-0.1, -0.05) is 22.0 Å². The Hall–Kier alpha value is -0.870. The van der Waals surface area contributed by atoms with Crippen molar-refractivity contribution in [2.24, 2.45) is 0 Å². The van der Waals surface area contributed by atoms with Crippen molar-refractivity contribution in [1.82, 2.24) is 10.2 Å². The molecule has 1 fully saturated rings. The van der Waals surface area contributed by atoms with Gasteiger partial charge in [0.1, 0.15) is 0 Å². The van der Waals surface area contributed by atoms with Crippen molar-refractivity contribution in [2.45, 2.75) is 6.42 Å². The van der Waals surface area contributed by atoms with Gasteiger partial charge in [-0.25, -0.2) is 0 Å². The van der Waals surface area contributed by atoms with E-state index in [1.165, 1.54) is 0 Å². The average Bonchev–Trinajstić information content (AvgIpc) is 2.56. The summed E-state index contributed by atoms with van der Waals surface area (Å²) in [7, 11) is 0. The Morgan fingerprint density at radius 2 is 2.19 bits per heavy atom. The Balaban J connectivity index is 2.11. The lowest BCUT2D eigenvalue weighted by molar-refractivity contribution is 0.0766. The fourth-order valence-corrected chi connectivity index (χ4v) is 2.25. The first-order valence-electron chi connectivity index (χ1n) is 5.53. The number of nitrogens with zero attached hydrogens (tertiary/aromatic N) is 1. The molecule has 1 aromatic carbocycles. The maximum absolute atomic E-state index is 12.2. The monoisotopic (exact) mass is 282 g/mol. The van der Waals surface area contributed by atoms with Crippen molar-refractivity contribution >= 4 is 21.8 Å². The van der Waals surface area contributed by atoms with E-state index in [1.807, 2.05) is 29.2 Å². The summed E-state index contributed by atoms with van der Waals surface area (Å²) < 4.78 is 0.950. The highest BCUT2D eigenvalue weighted by molar-refractivity contribution is 9.10. The van der Waals surface area contributed by atoms with Crippen LogP contribution in [0.2, 0.25) is 0 Å². The summed E-state index contributed by atoms with van der Waals surface area (Å²) in [6, 6.07) is 7.57. The second-order valence-corrected chi connectivity index (χ2v) is 4.82. The molecule has 1 amide bonds. The number of carbonyl (C=O) groups is 1. The van der Waals surface area contributed by atoms with Crippen molar-refractivity contribution in [1.29, 1.82) is 0 Å². The summed E-state index contributed by atoms with van der Waals surface area (Å²) in [4.78, 5) is 14.1. The fraction of sp³-hybridized carbons (Fsp3) is 0.417. The van der Waals surface area contributed by atoms with E-state index in [9.17, 15) is 4.79 Å². The van der Waals surface area contributed by atoms with Gasteiger partial charge in [-0.05, 0) is 31.2 Å². The molecule has 1 aliphatic heterocycles. The van der Waals surface area contributed by atoms with E-state index in [4.69, 9.17) is 0 Å². The van der Waals surface area contributed by atoms with Gasteiger partial charge in [-0.3, -0.25) is 4.79 Å². The van der Waals surface area contributed by atoms with E-state index in [2.05, 4.69) is 21.2 Å². The smallest absolute Gasteiger partial charge is 0.253 e. The van der Waals surface area contributed by atoms with Crippen LogP contribution in [-0.4, -0.2) is 37.0 Å². The molecule has 0 saturated carbocycles. The van der Waals surface area contributed by atoms with Crippen LogP contribution in [0.25, 0.3) is 0 Å². The highest BCUT2D eigenvalue weighted by atomic mass is 79.9. The first-order chi connectivity index (χ1) is 7.77. The van der Waals surface area contributed by atoms with Crippen LogP contribution in [0, 0.1) is 0 Å². The zero-order valence-electron chi connectivity index (χ0n) is 9.08. The number of halogens is 1. The second-order valence-electron chi connectivity index (χ2n) is 3.91. The fourth-order valence-electron chi connectivity index (χ4n) is 1.85. The Morgan fingerprint density at radius 1 is 1.31 bits per heavy atom. The van der Waals surface area contributed by atoms with Crippen molar-refractivity contribution < 1.29 is 4.79 Å². The molecule has 1 N–H and O–H groups in total. The number of hydrogen-bond acceptors (Lipinski definition) is 2. The summed E-state index contributed by atoms with van der Waals surface area (Å²) >= 11 is 3.39. The van der Waals surface area contributed by atoms with Gasteiger partial charge < -0.3 is 10.2 Å². The second kappa shape index (κ2) is 5.46. The minimum absolute atomic E-state index is 0.130. The van der Waals surface area contributed by atoms with Gasteiger partial charge in [-0.2, -0.15) is 0 Å². The first-order valence-corrected chi connectivity index (χ1v) is 6.32. The topological polar surface area (TPSA) is 32.3 Å². The molecule has 1 saturated heterocycles. The molecule has 4 heteroatoms. The van der Waals surface area contributed by atoms with Crippen LogP contribution in [0.1, 0.15) is 16.8 Å². The molecule has 3 nitrogen and oxygen atoms in total. The molecule has 0 spiro atoms. The summed E-state index contributed by atoms with van der Waals surface area (Å²) in [5.41, 5.74) is 0.760. The van der Waals surface area contributed by atoms with Gasteiger partial charge in [0.15, 0.2) is 0 Å². The summed E-state index contributed by atoms with van der Waals surface area (Å²) in [5.74, 6) is 0.130. The highest BCUT2D eigenvalue weighted by Gasteiger charge is 2.16. The molecule has 1 aliphatic rings. The molecule has 0 aliphatic carbocycles. The molecule has 0 radical (unpaired) electrons. The number of hydrogen-bond donors (Lipinski definition) is 1. The van der Waals surface area contributed by atoms with Crippen LogP contribution in [0.3, 0.4) is 0 Å². The maximum Gasteiger partial charge on any atom is 0.253 e. The highest BCUT2D eigenvalue weighted by Crippen LogP contribution is 2.14. The van der Waals surface area contributed by atoms with Crippen LogP contribution in [0.5, 0.6) is 0 Å². The van der Waals surface area contributed by atoms with Gasteiger partial charge in [0.25, 0.3) is 5.91 Å². The minimum atomic E-state index is 0.130. The van der Waals surface area contributed by atoms with E-state index in [0.717, 1.165) is 42.6 Å². The molecule has 16 heavy (non-hydrogen) atoms. The first kappa shape index (κ1) is 11.6. The van der Waals surface area contributed by atoms with Crippen LogP contribution in [0.15, 0.2) is 28.7 Å². The molecule has 0 aromatic heterocycles. The van der Waals surface area contributed by atoms with Crippen LogP contribution >= 0.6 is 15.9 Å². The molecule has 1 heterocycles. The van der Waals surface area contributed by atoms with Crippen molar-refractivity contribution in [3.05, 3.63) is 34.3 Å². The molecule has 86 valence electrons. The van der Waals surface area contributed by atoms with Crippen molar-refractivity contribution in [3.8, 4) is 0 Å². The third-order valence-corrected chi connectivity index (χ3v) is 3.19. The Labute approximate surface area is 104 Å². The standard InChI is InChI=1S/C12H15BrN2O/c13-11-4-1-3-10(9-11)12(16)15-7-2-5-14-6-8-15/h1,3-4,9,14H,2,5-8H2. The third-order valence-electron chi connectivity index (χ3n) is 2.70. The minimum Gasteiger partial charge on any atom is -0.337 e. The average molecular weight is 283 g/mol. The lowest BCUT2D eigenvalue weighted by Crippen LogP contribution is -2.34. The Bertz CT molecular complexity index is 373. The molecular weight excluding hydrogens is 268 g/mol. The van der Waals surface area contributed by atoms with Gasteiger partial charge >= 0.3 is 0 Å². The molecule has 0 atom stereocenters. The van der Waals surface area contributed by atoms with Crippen LogP contribution in [-0.2, 0) is 0 Å². The van der Waals surface area contributed by atoms with Gasteiger partial charge in [0, 0.05) is 29.7 Å². The normalized spacial score (nSPS) is 16.9. The van der Waals surface area contributed by atoms with Crippen molar-refractivity contribution in [2.75, 3.05) is 26.2 Å². The van der Waals surface area contributed by atoms with Gasteiger partial charge in [0.05, 0.1) is 0 Å². The molecule has 0 unspecified atom stereocenters. The third kappa shape index (κ3) is 2.83.